The third-order valence-corrected chi connectivity index (χ3v) is 15.3. The number of amides is 1. The number of aromatic amines is 1. The quantitative estimate of drug-likeness (QED) is 0.0314. The zero-order chi connectivity index (χ0) is 53.2. The van der Waals surface area contributed by atoms with E-state index in [1.807, 2.05) is 107 Å². The van der Waals surface area contributed by atoms with Gasteiger partial charge in [-0.1, -0.05) is 91.0 Å². The lowest BCUT2D eigenvalue weighted by Gasteiger charge is -2.39. The molecule has 390 valence electrons. The predicted octanol–water partition coefficient (Wildman–Crippen LogP) is 8.06. The molecule has 4 atom stereocenters. The molecule has 3 N–H and O–H groups in total. The lowest BCUT2D eigenvalue weighted by molar-refractivity contribution is -0.120. The molecule has 18 heteroatoms. The number of benzene rings is 5. The Labute approximate surface area is 436 Å². The molecule has 1 aromatic heterocycles. The smallest absolute Gasteiger partial charge is 0.330 e. The van der Waals surface area contributed by atoms with E-state index in [1.54, 1.807) is 56.7 Å². The zero-order valence-electron chi connectivity index (χ0n) is 42.7. The van der Waals surface area contributed by atoms with Crippen molar-refractivity contribution >= 4 is 31.7 Å². The first kappa shape index (κ1) is 54.0. The van der Waals surface area contributed by atoms with Crippen LogP contribution in [0.5, 0.6) is 11.5 Å². The zero-order valence-corrected chi connectivity index (χ0v) is 43.6. The Balaban J connectivity index is 1.06. The van der Waals surface area contributed by atoms with Crippen molar-refractivity contribution in [1.29, 1.82) is 5.26 Å². The van der Waals surface area contributed by atoms with Gasteiger partial charge in [0.2, 0.25) is 5.91 Å². The van der Waals surface area contributed by atoms with Crippen molar-refractivity contribution < 1.29 is 42.4 Å². The number of H-pyrrole nitrogens is 1. The van der Waals surface area contributed by atoms with Crippen LogP contribution in [0.3, 0.4) is 0 Å². The minimum atomic E-state index is -1.81. The maximum Gasteiger partial charge on any atom is 0.330 e. The van der Waals surface area contributed by atoms with Crippen LogP contribution in [0.2, 0.25) is 0 Å². The van der Waals surface area contributed by atoms with Gasteiger partial charge in [-0.15, -0.1) is 0 Å². The van der Waals surface area contributed by atoms with Crippen molar-refractivity contribution in [2.75, 3.05) is 45.8 Å². The molecule has 0 bridgehead atoms. The number of ether oxygens (including phenoxy) is 4. The van der Waals surface area contributed by atoms with Crippen molar-refractivity contribution in [3.63, 3.8) is 0 Å². The molecule has 1 amide bonds. The second kappa shape index (κ2) is 24.4. The van der Waals surface area contributed by atoms with Gasteiger partial charge in [-0.05, 0) is 74.7 Å². The lowest BCUT2D eigenvalue weighted by Crippen LogP contribution is -2.39. The summed E-state index contributed by atoms with van der Waals surface area (Å²) in [5, 5.41) is 15.5. The van der Waals surface area contributed by atoms with Gasteiger partial charge in [0.15, 0.2) is 11.6 Å². The van der Waals surface area contributed by atoms with E-state index >= 15 is 0 Å². The molecule has 17 nitrogen and oxygen atoms in total. The summed E-state index contributed by atoms with van der Waals surface area (Å²) in [6.45, 7) is 8.47. The van der Waals surface area contributed by atoms with E-state index in [0.29, 0.717) is 33.9 Å². The topological polar surface area (TPSA) is 213 Å². The van der Waals surface area contributed by atoms with Crippen molar-refractivity contribution in [2.45, 2.75) is 83.1 Å². The van der Waals surface area contributed by atoms with Crippen LogP contribution in [0, 0.1) is 11.3 Å². The minimum absolute atomic E-state index is 0.00992. The third-order valence-electron chi connectivity index (χ3n) is 13.1. The van der Waals surface area contributed by atoms with E-state index in [9.17, 15) is 29.2 Å². The van der Waals surface area contributed by atoms with Crippen molar-refractivity contribution in [1.82, 2.24) is 19.5 Å². The number of methoxy groups -OCH3 is 2. The van der Waals surface area contributed by atoms with E-state index in [1.165, 1.54) is 10.8 Å². The van der Waals surface area contributed by atoms with Crippen LogP contribution >= 0.6 is 8.53 Å². The highest BCUT2D eigenvalue weighted by Gasteiger charge is 2.45. The number of hydrogen-bond acceptors (Lipinski definition) is 14. The van der Waals surface area contributed by atoms with E-state index < -0.39 is 49.7 Å². The SMILES string of the molecule is COc1ccc(C(OC[C@H]2O[C@@H](n3cc(CC(=O)NCCNc4cccc5c4C(=O)c4ccccc4C5=O)c(=O)[nH]c3=O)C[C@@H]2OP(OCCC#N)N(C(C)C)C(C)C)(c2ccccc2)c2ccc(OC)cc2)cc1. The van der Waals surface area contributed by atoms with Gasteiger partial charge in [0.1, 0.15) is 29.4 Å². The summed E-state index contributed by atoms with van der Waals surface area (Å²) in [4.78, 5) is 69.8. The maximum absolute atomic E-state index is 13.8. The van der Waals surface area contributed by atoms with Crippen molar-refractivity contribution in [2.24, 2.45) is 0 Å². The Kier molecular flexibility index (Phi) is 17.5. The van der Waals surface area contributed by atoms with E-state index in [4.69, 9.17) is 28.0 Å². The molecule has 1 fully saturated rings. The Morgan fingerprint density at radius 1 is 0.800 bits per heavy atom. The Morgan fingerprint density at radius 2 is 1.40 bits per heavy atom. The summed E-state index contributed by atoms with van der Waals surface area (Å²) in [6.07, 6.45) is -1.42. The largest absolute Gasteiger partial charge is 0.497 e. The summed E-state index contributed by atoms with van der Waals surface area (Å²) in [5.41, 5.74) is 1.36. The Bertz CT molecular complexity index is 3080. The number of ketones is 2. The van der Waals surface area contributed by atoms with Gasteiger partial charge in [-0.25, -0.2) is 9.46 Å². The monoisotopic (exact) mass is 1040 g/mol. The molecular formula is C57H61N6O11P. The van der Waals surface area contributed by atoms with Gasteiger partial charge in [0, 0.05) is 65.7 Å². The molecule has 0 radical (unpaired) electrons. The van der Waals surface area contributed by atoms with Gasteiger partial charge < -0.3 is 38.6 Å². The van der Waals surface area contributed by atoms with E-state index in [2.05, 4.69) is 26.4 Å². The predicted molar refractivity (Wildman–Crippen MR) is 283 cm³/mol. The fourth-order valence-corrected chi connectivity index (χ4v) is 11.4. The molecule has 0 spiro atoms. The van der Waals surface area contributed by atoms with Gasteiger partial charge >= 0.3 is 5.69 Å². The summed E-state index contributed by atoms with van der Waals surface area (Å²) < 4.78 is 41.9. The van der Waals surface area contributed by atoms with Gasteiger partial charge in [0.25, 0.3) is 14.1 Å². The molecular weight excluding hydrogens is 976 g/mol. The molecule has 1 aliphatic heterocycles. The maximum atomic E-state index is 13.8. The Morgan fingerprint density at radius 3 is 2.01 bits per heavy atom. The number of carbonyl (C=O) groups excluding carboxylic acids is 3. The van der Waals surface area contributed by atoms with E-state index in [0.717, 1.165) is 16.7 Å². The first-order valence-electron chi connectivity index (χ1n) is 24.8. The van der Waals surface area contributed by atoms with Crippen molar-refractivity contribution in [3.8, 4) is 17.6 Å². The van der Waals surface area contributed by atoms with Crippen LogP contribution in [-0.4, -0.2) is 96.5 Å². The number of rotatable bonds is 23. The summed E-state index contributed by atoms with van der Waals surface area (Å²) in [6, 6.07) is 38.8. The number of fused-ring (bicyclic) bond motifs is 2. The number of hydrogen-bond donors (Lipinski definition) is 3. The summed E-state index contributed by atoms with van der Waals surface area (Å²) in [5.74, 6) is 0.293. The van der Waals surface area contributed by atoms with Gasteiger partial charge in [-0.3, -0.25) is 28.7 Å². The molecule has 2 heterocycles. The molecule has 1 aliphatic carbocycles. The molecule has 5 aromatic carbocycles. The minimum Gasteiger partial charge on any atom is -0.497 e. The summed E-state index contributed by atoms with van der Waals surface area (Å²) in [7, 11) is 1.40. The van der Waals surface area contributed by atoms with Crippen molar-refractivity contribution in [3.05, 3.63) is 193 Å². The molecule has 8 rings (SSSR count). The second-order valence-corrected chi connectivity index (χ2v) is 20.0. The van der Waals surface area contributed by atoms with Crippen LogP contribution in [0.25, 0.3) is 0 Å². The fraction of sp³-hybridized carbons (Fsp3) is 0.333. The molecule has 6 aromatic rings. The van der Waals surface area contributed by atoms with Crippen LogP contribution in [-0.2, 0) is 35.3 Å². The third kappa shape index (κ3) is 11.8. The highest BCUT2D eigenvalue weighted by atomic mass is 31.2. The number of nitrogens with zero attached hydrogens (tertiary/aromatic N) is 3. The molecule has 0 saturated carbocycles. The molecule has 1 saturated heterocycles. The van der Waals surface area contributed by atoms with Crippen LogP contribution in [0.4, 0.5) is 5.69 Å². The standard InChI is InChI=1S/C57H61N6O11P/c1-36(2)63(37(3)4)75(72-31-13-28-58)74-48-33-51(73-49(48)35-71-57(39-14-8-7-9-15-39,40-20-24-42(69-5)25-21-40)41-22-26-43(70-6)27-23-41)62-34-38(55(67)61-56(62)68)32-50(64)60-30-29-59-47-19-12-18-46-52(47)54(66)45-17-11-10-16-44(45)53(46)65/h7-12,14-27,34,36-37,48-49,51,59H,13,29-33,35H2,1-6H3,(H,60,64)(H,61,67,68)/t48-,49+,51+,75?/m0/s1. The normalized spacial score (nSPS) is 16.6. The van der Waals surface area contributed by atoms with Crippen LogP contribution in [0.15, 0.2) is 137 Å². The van der Waals surface area contributed by atoms with Crippen LogP contribution in [0.1, 0.15) is 101 Å². The lowest BCUT2D eigenvalue weighted by atomic mass is 9.80. The second-order valence-electron chi connectivity index (χ2n) is 18.6. The first-order chi connectivity index (χ1) is 36.3. The average Bonchev–Trinajstić information content (AvgIpc) is 3.82. The van der Waals surface area contributed by atoms with Gasteiger partial charge in [-0.2, -0.15) is 5.26 Å². The van der Waals surface area contributed by atoms with E-state index in [-0.39, 0.29) is 80.3 Å². The number of nitrogens with one attached hydrogen (secondary N) is 3. The molecule has 2 aliphatic rings. The summed E-state index contributed by atoms with van der Waals surface area (Å²) >= 11 is 0. The molecule has 1 unspecified atom stereocenters. The van der Waals surface area contributed by atoms with Crippen LogP contribution < -0.4 is 31.4 Å². The Hall–Kier alpha value is -7.29. The fourth-order valence-electron chi connectivity index (χ4n) is 9.62. The molecule has 75 heavy (non-hydrogen) atoms. The highest BCUT2D eigenvalue weighted by molar-refractivity contribution is 7.44. The first-order valence-corrected chi connectivity index (χ1v) is 26.0. The number of nitriles is 1. The number of carbonyl (C=O) groups is 3. The number of anilines is 1. The average molecular weight is 1040 g/mol. The number of aromatic nitrogens is 2. The highest BCUT2D eigenvalue weighted by Crippen LogP contribution is 2.51. The van der Waals surface area contributed by atoms with Gasteiger partial charge in [0.05, 0.1) is 58.0 Å².